The van der Waals surface area contributed by atoms with E-state index in [0.717, 1.165) is 0 Å². The van der Waals surface area contributed by atoms with Crippen molar-refractivity contribution in [3.05, 3.63) is 24.3 Å². The molecule has 0 bridgehead atoms. The van der Waals surface area contributed by atoms with Gasteiger partial charge in [-0.2, -0.15) is 0 Å². The van der Waals surface area contributed by atoms with Crippen molar-refractivity contribution in [1.82, 2.24) is 5.43 Å². The van der Waals surface area contributed by atoms with Crippen LogP contribution in [0, 0.1) is 0 Å². The molecule has 0 aromatic heterocycles. The summed E-state index contributed by atoms with van der Waals surface area (Å²) in [5, 5.41) is 2.67. The molecule has 1 heterocycles. The molecule has 15 heavy (non-hydrogen) atoms. The zero-order valence-electron chi connectivity index (χ0n) is 7.86. The van der Waals surface area contributed by atoms with Crippen LogP contribution < -0.4 is 21.5 Å². The molecule has 0 saturated heterocycles. The highest BCUT2D eigenvalue weighted by Gasteiger charge is 2.25. The monoisotopic (exact) mass is 206 g/mol. The standard InChI is InChI=1S/C9H10N4O2/c10-12-9(15)13-5-8(14)11-6-3-1-2-4-7(6)13/h1-4H,5,10H2,(H,11,14)(H,12,15). The Kier molecular flexibility index (Phi) is 2.26. The first kappa shape index (κ1) is 9.47. The number of hydrogen-bond acceptors (Lipinski definition) is 3. The number of hydrogen-bond donors (Lipinski definition) is 3. The summed E-state index contributed by atoms with van der Waals surface area (Å²) in [4.78, 5) is 24.0. The second-order valence-electron chi connectivity index (χ2n) is 3.10. The number of para-hydroxylation sites is 2. The van der Waals surface area contributed by atoms with Crippen molar-refractivity contribution in [3.63, 3.8) is 0 Å². The zero-order valence-corrected chi connectivity index (χ0v) is 7.86. The van der Waals surface area contributed by atoms with Crippen molar-refractivity contribution < 1.29 is 9.59 Å². The smallest absolute Gasteiger partial charge is 0.323 e. The number of nitrogens with two attached hydrogens (primary N) is 1. The average Bonchev–Trinajstić information content (AvgIpc) is 2.26. The highest BCUT2D eigenvalue weighted by Crippen LogP contribution is 2.28. The van der Waals surface area contributed by atoms with E-state index in [2.05, 4.69) is 5.32 Å². The van der Waals surface area contributed by atoms with E-state index in [1.54, 1.807) is 24.3 Å². The van der Waals surface area contributed by atoms with Crippen LogP contribution >= 0.6 is 0 Å². The van der Waals surface area contributed by atoms with Crippen LogP contribution in [0.3, 0.4) is 0 Å². The van der Waals surface area contributed by atoms with Gasteiger partial charge in [0.2, 0.25) is 5.91 Å². The number of anilines is 2. The third-order valence-electron chi connectivity index (χ3n) is 2.14. The molecule has 1 aromatic carbocycles. The number of amides is 3. The van der Waals surface area contributed by atoms with Crippen molar-refractivity contribution >= 4 is 23.3 Å². The number of carbonyl (C=O) groups is 2. The Morgan fingerprint density at radius 2 is 2.20 bits per heavy atom. The minimum atomic E-state index is -0.502. The number of rotatable bonds is 0. The second kappa shape index (κ2) is 3.58. The van der Waals surface area contributed by atoms with Crippen LogP contribution in [0.2, 0.25) is 0 Å². The first-order valence-electron chi connectivity index (χ1n) is 4.39. The van der Waals surface area contributed by atoms with Crippen LogP contribution in [-0.4, -0.2) is 18.5 Å². The number of carbonyl (C=O) groups excluding carboxylic acids is 2. The van der Waals surface area contributed by atoms with Gasteiger partial charge in [-0.3, -0.25) is 15.1 Å². The van der Waals surface area contributed by atoms with Crippen molar-refractivity contribution in [2.75, 3.05) is 16.8 Å². The molecule has 0 radical (unpaired) electrons. The van der Waals surface area contributed by atoms with Gasteiger partial charge in [0.15, 0.2) is 0 Å². The predicted octanol–water partition coefficient (Wildman–Crippen LogP) is 0.0284. The van der Waals surface area contributed by atoms with Gasteiger partial charge in [0.25, 0.3) is 0 Å². The lowest BCUT2D eigenvalue weighted by Gasteiger charge is -2.28. The SMILES string of the molecule is NNC(=O)N1CC(=O)Nc2ccccc21. The molecule has 1 aromatic rings. The molecule has 1 aliphatic rings. The van der Waals surface area contributed by atoms with Crippen molar-refractivity contribution in [1.29, 1.82) is 0 Å². The normalized spacial score (nSPS) is 14.2. The molecular formula is C9H10N4O2. The van der Waals surface area contributed by atoms with Gasteiger partial charge < -0.3 is 5.32 Å². The van der Waals surface area contributed by atoms with Crippen LogP contribution in [0.15, 0.2) is 24.3 Å². The summed E-state index contributed by atoms with van der Waals surface area (Å²) in [6, 6.07) is 6.53. The fourth-order valence-electron chi connectivity index (χ4n) is 1.49. The minimum absolute atomic E-state index is 0.0277. The van der Waals surface area contributed by atoms with E-state index in [0.29, 0.717) is 11.4 Å². The Bertz CT molecular complexity index is 418. The lowest BCUT2D eigenvalue weighted by molar-refractivity contribution is -0.115. The van der Waals surface area contributed by atoms with Crippen LogP contribution in [-0.2, 0) is 4.79 Å². The first-order valence-corrected chi connectivity index (χ1v) is 4.39. The molecule has 0 aliphatic carbocycles. The topological polar surface area (TPSA) is 87.5 Å². The summed E-state index contributed by atoms with van der Waals surface area (Å²) < 4.78 is 0. The largest absolute Gasteiger partial charge is 0.336 e. The Balaban J connectivity index is 2.42. The van der Waals surface area contributed by atoms with E-state index >= 15 is 0 Å². The maximum Gasteiger partial charge on any atom is 0.336 e. The quantitative estimate of drug-likeness (QED) is 0.318. The molecule has 1 aliphatic heterocycles. The summed E-state index contributed by atoms with van der Waals surface area (Å²) in [7, 11) is 0. The summed E-state index contributed by atoms with van der Waals surface area (Å²) in [5.41, 5.74) is 3.25. The van der Waals surface area contributed by atoms with Crippen molar-refractivity contribution in [2.24, 2.45) is 5.84 Å². The van der Waals surface area contributed by atoms with Gasteiger partial charge in [-0.15, -0.1) is 0 Å². The maximum atomic E-state index is 11.4. The Morgan fingerprint density at radius 3 is 2.93 bits per heavy atom. The zero-order chi connectivity index (χ0) is 10.8. The highest BCUT2D eigenvalue weighted by molar-refractivity contribution is 6.09. The molecule has 0 saturated carbocycles. The number of hydrazine groups is 1. The summed E-state index contributed by atoms with van der Waals surface area (Å²) in [5.74, 6) is 4.79. The van der Waals surface area contributed by atoms with Gasteiger partial charge in [-0.05, 0) is 12.1 Å². The molecule has 78 valence electrons. The molecule has 6 heteroatoms. The number of benzene rings is 1. The van der Waals surface area contributed by atoms with E-state index in [4.69, 9.17) is 5.84 Å². The van der Waals surface area contributed by atoms with Gasteiger partial charge >= 0.3 is 6.03 Å². The van der Waals surface area contributed by atoms with Gasteiger partial charge in [-0.1, -0.05) is 12.1 Å². The van der Waals surface area contributed by atoms with E-state index in [9.17, 15) is 9.59 Å². The minimum Gasteiger partial charge on any atom is -0.323 e. The number of nitrogens with one attached hydrogen (secondary N) is 2. The van der Waals surface area contributed by atoms with Crippen LogP contribution in [0.4, 0.5) is 16.2 Å². The number of fused-ring (bicyclic) bond motifs is 1. The molecule has 4 N–H and O–H groups in total. The number of urea groups is 1. The molecule has 3 amide bonds. The molecule has 0 fully saturated rings. The first-order chi connectivity index (χ1) is 7.22. The summed E-state index contributed by atoms with van der Waals surface area (Å²) in [6.45, 7) is -0.0277. The Morgan fingerprint density at radius 1 is 1.47 bits per heavy atom. The fraction of sp³-hybridized carbons (Fsp3) is 0.111. The lowest BCUT2D eigenvalue weighted by Crippen LogP contribution is -2.49. The molecule has 0 atom stereocenters. The Labute approximate surface area is 86.0 Å². The summed E-state index contributed by atoms with van der Waals surface area (Å²) in [6.07, 6.45) is 0. The Hall–Kier alpha value is -2.08. The van der Waals surface area contributed by atoms with E-state index < -0.39 is 6.03 Å². The number of nitrogens with zero attached hydrogens (tertiary/aromatic N) is 1. The third kappa shape index (κ3) is 1.62. The molecule has 2 rings (SSSR count). The third-order valence-corrected chi connectivity index (χ3v) is 2.14. The van der Waals surface area contributed by atoms with Gasteiger partial charge in [-0.25, -0.2) is 10.6 Å². The van der Waals surface area contributed by atoms with Crippen LogP contribution in [0.25, 0.3) is 0 Å². The highest BCUT2D eigenvalue weighted by atomic mass is 16.2. The van der Waals surface area contributed by atoms with Gasteiger partial charge in [0.1, 0.15) is 6.54 Å². The summed E-state index contributed by atoms with van der Waals surface area (Å²) >= 11 is 0. The predicted molar refractivity (Wildman–Crippen MR) is 55.1 cm³/mol. The lowest BCUT2D eigenvalue weighted by atomic mass is 10.2. The molecule has 0 spiro atoms. The average molecular weight is 206 g/mol. The van der Waals surface area contributed by atoms with E-state index in [1.807, 2.05) is 5.43 Å². The van der Waals surface area contributed by atoms with Gasteiger partial charge in [0, 0.05) is 0 Å². The van der Waals surface area contributed by atoms with Crippen LogP contribution in [0.5, 0.6) is 0 Å². The van der Waals surface area contributed by atoms with Crippen molar-refractivity contribution in [2.45, 2.75) is 0 Å². The molecular weight excluding hydrogens is 196 g/mol. The van der Waals surface area contributed by atoms with Gasteiger partial charge in [0.05, 0.1) is 11.4 Å². The van der Waals surface area contributed by atoms with Crippen LogP contribution in [0.1, 0.15) is 0 Å². The fourth-order valence-corrected chi connectivity index (χ4v) is 1.49. The second-order valence-corrected chi connectivity index (χ2v) is 3.10. The van der Waals surface area contributed by atoms with Crippen molar-refractivity contribution in [3.8, 4) is 0 Å². The van der Waals surface area contributed by atoms with E-state index in [-0.39, 0.29) is 12.5 Å². The maximum absolute atomic E-state index is 11.4. The van der Waals surface area contributed by atoms with E-state index in [1.165, 1.54) is 4.90 Å². The molecule has 0 unspecified atom stereocenters. The molecule has 6 nitrogen and oxygen atoms in total.